The molecule has 0 aliphatic rings. The van der Waals surface area contributed by atoms with E-state index in [2.05, 4.69) is 26.2 Å². The van der Waals surface area contributed by atoms with Crippen molar-refractivity contribution in [3.05, 3.63) is 0 Å². The van der Waals surface area contributed by atoms with Crippen molar-refractivity contribution in [2.75, 3.05) is 0 Å². The lowest BCUT2D eigenvalue weighted by Gasteiger charge is -2.25. The smallest absolute Gasteiger partial charge is 0.312 e. The largest absolute Gasteiger partial charge is 0.449 e. The molecule has 0 saturated heterocycles. The highest BCUT2D eigenvalue weighted by Crippen LogP contribution is 2.06. The maximum Gasteiger partial charge on any atom is 0.312 e. The Hall–Kier alpha value is 0.748. The molecule has 0 amide bonds. The summed E-state index contributed by atoms with van der Waals surface area (Å²) in [6, 6.07) is 0. The van der Waals surface area contributed by atoms with Gasteiger partial charge in [0.2, 0.25) is 0 Å². The van der Waals surface area contributed by atoms with E-state index in [1.807, 2.05) is 0 Å². The van der Waals surface area contributed by atoms with Crippen LogP contribution < -0.4 is 0 Å². The predicted molar refractivity (Wildman–Crippen MR) is 58.1 cm³/mol. The van der Waals surface area contributed by atoms with Gasteiger partial charge in [-0.15, -0.1) is 0 Å². The zero-order valence-corrected chi connectivity index (χ0v) is 13.6. The summed E-state index contributed by atoms with van der Waals surface area (Å²) in [4.78, 5) is 0. The lowest BCUT2D eigenvalue weighted by molar-refractivity contribution is 0.384. The van der Waals surface area contributed by atoms with Crippen molar-refractivity contribution in [3.8, 4) is 0 Å². The monoisotopic (exact) mass is 226 g/mol. The first-order valence-electron chi connectivity index (χ1n) is 3.78. The molecule has 0 fully saturated rings. The fourth-order valence-corrected chi connectivity index (χ4v) is 8.90. The second-order valence-electron chi connectivity index (χ2n) is 3.12. The Morgan fingerprint density at radius 3 is 2.27 bits per heavy atom. The third-order valence-corrected chi connectivity index (χ3v) is 9.40. The highest BCUT2D eigenvalue weighted by molar-refractivity contribution is 6.75. The van der Waals surface area contributed by atoms with Crippen LogP contribution in [0.25, 0.3) is 0 Å². The predicted octanol–water partition coefficient (Wildman–Crippen LogP) is -0.999. The Bertz CT molecular complexity index is 108. The van der Waals surface area contributed by atoms with Crippen molar-refractivity contribution < 1.29 is 12.3 Å². The van der Waals surface area contributed by atoms with Crippen LogP contribution in [-0.4, -0.2) is 38.1 Å². The van der Waals surface area contributed by atoms with E-state index in [9.17, 15) is 0 Å². The van der Waals surface area contributed by atoms with Gasteiger partial charge in [0.05, 0.1) is 0 Å². The summed E-state index contributed by atoms with van der Waals surface area (Å²) in [5.41, 5.74) is 0. The summed E-state index contributed by atoms with van der Waals surface area (Å²) in [5, 5.41) is 0. The average Bonchev–Trinajstić information content (AvgIpc) is 1.81. The lowest BCUT2D eigenvalue weighted by Crippen LogP contribution is -2.40. The van der Waals surface area contributed by atoms with Crippen LogP contribution in [0.15, 0.2) is 0 Å². The summed E-state index contributed by atoms with van der Waals surface area (Å²) in [5.74, 6) is 0. The number of hydrogen-bond acceptors (Lipinski definition) is 3. The van der Waals surface area contributed by atoms with Crippen LogP contribution >= 0.6 is 0 Å². The van der Waals surface area contributed by atoms with Crippen molar-refractivity contribution in [2.45, 2.75) is 26.2 Å². The van der Waals surface area contributed by atoms with Crippen molar-refractivity contribution in [1.82, 2.24) is 0 Å². The standard InChI is InChI=1S/C4H18O3Si4/c1-10(2)7-11(3,4)6-9-5-8/h10H,9H2,1-4,8H3. The molecule has 0 unspecified atom stereocenters. The van der Waals surface area contributed by atoms with E-state index in [1.54, 1.807) is 0 Å². The maximum absolute atomic E-state index is 5.77. The first-order valence-corrected chi connectivity index (χ1v) is 11.4. The Morgan fingerprint density at radius 1 is 1.36 bits per heavy atom. The van der Waals surface area contributed by atoms with Gasteiger partial charge in [-0.1, -0.05) is 0 Å². The zero-order valence-electron chi connectivity index (χ0n) is 8.01. The van der Waals surface area contributed by atoms with Crippen LogP contribution in [0.1, 0.15) is 0 Å². The Kier molecular flexibility index (Phi) is 5.77. The molecule has 0 atom stereocenters. The molecule has 0 N–H and O–H groups in total. The van der Waals surface area contributed by atoms with Crippen molar-refractivity contribution >= 4 is 38.1 Å². The maximum atomic E-state index is 5.77. The van der Waals surface area contributed by atoms with Crippen molar-refractivity contribution in [1.29, 1.82) is 0 Å². The van der Waals surface area contributed by atoms with E-state index in [0.29, 0.717) is 0 Å². The van der Waals surface area contributed by atoms with Gasteiger partial charge in [-0.3, -0.25) is 0 Å². The zero-order chi connectivity index (χ0) is 8.91. The van der Waals surface area contributed by atoms with E-state index in [4.69, 9.17) is 12.3 Å². The molecular weight excluding hydrogens is 208 g/mol. The minimum Gasteiger partial charge on any atom is -0.449 e. The minimum atomic E-state index is -1.77. The van der Waals surface area contributed by atoms with Crippen LogP contribution in [0, 0.1) is 0 Å². The quantitative estimate of drug-likeness (QED) is 0.563. The molecule has 0 aromatic carbocycles. The molecule has 0 rings (SSSR count). The summed E-state index contributed by atoms with van der Waals surface area (Å²) in [6.07, 6.45) is 0. The van der Waals surface area contributed by atoms with Gasteiger partial charge in [0.15, 0.2) is 9.04 Å². The summed E-state index contributed by atoms with van der Waals surface area (Å²) >= 11 is 0. The first-order chi connectivity index (χ1) is 4.98. The third kappa shape index (κ3) is 7.12. The molecule has 0 aliphatic heterocycles. The Morgan fingerprint density at radius 2 is 1.91 bits per heavy atom. The molecule has 0 heterocycles. The normalized spacial score (nSPS) is 13.9. The van der Waals surface area contributed by atoms with Gasteiger partial charge in [0.1, 0.15) is 10.5 Å². The van der Waals surface area contributed by atoms with Crippen LogP contribution in [-0.2, 0) is 12.3 Å². The van der Waals surface area contributed by atoms with Crippen LogP contribution in [0.4, 0.5) is 0 Å². The van der Waals surface area contributed by atoms with Gasteiger partial charge in [0, 0.05) is 0 Å². The van der Waals surface area contributed by atoms with Crippen LogP contribution in [0.5, 0.6) is 0 Å². The van der Waals surface area contributed by atoms with Gasteiger partial charge in [-0.25, -0.2) is 0 Å². The molecule has 0 aromatic rings. The van der Waals surface area contributed by atoms with Crippen LogP contribution in [0.3, 0.4) is 0 Å². The molecule has 3 nitrogen and oxygen atoms in total. The molecule has 0 radical (unpaired) electrons. The molecule has 0 aromatic heterocycles. The molecule has 0 aliphatic carbocycles. The van der Waals surface area contributed by atoms with E-state index < -0.39 is 27.6 Å². The second-order valence-corrected chi connectivity index (χ2v) is 12.7. The van der Waals surface area contributed by atoms with E-state index in [1.165, 1.54) is 0 Å². The Balaban J connectivity index is 3.61. The van der Waals surface area contributed by atoms with E-state index >= 15 is 0 Å². The molecule has 68 valence electrons. The van der Waals surface area contributed by atoms with E-state index in [0.717, 1.165) is 10.5 Å². The van der Waals surface area contributed by atoms with Gasteiger partial charge < -0.3 is 12.3 Å². The van der Waals surface area contributed by atoms with Gasteiger partial charge >= 0.3 is 8.56 Å². The SMILES string of the molecule is C[SiH](C)O[Si](C)(C)O[SiH2]O[SiH3]. The summed E-state index contributed by atoms with van der Waals surface area (Å²) in [7, 11) is -2.60. The van der Waals surface area contributed by atoms with E-state index in [-0.39, 0.29) is 0 Å². The first kappa shape index (κ1) is 11.7. The van der Waals surface area contributed by atoms with Crippen molar-refractivity contribution in [2.24, 2.45) is 0 Å². The molecule has 0 spiro atoms. The average molecular weight is 227 g/mol. The molecular formula is C4H18O3Si4. The number of hydrogen-bond donors (Lipinski definition) is 0. The fraction of sp³-hybridized carbons (Fsp3) is 1.00. The lowest BCUT2D eigenvalue weighted by atomic mass is 11.9. The highest BCUT2D eigenvalue weighted by Gasteiger charge is 2.24. The minimum absolute atomic E-state index is 0.705. The van der Waals surface area contributed by atoms with Crippen molar-refractivity contribution in [3.63, 3.8) is 0 Å². The molecule has 7 heteroatoms. The van der Waals surface area contributed by atoms with Gasteiger partial charge in [-0.05, 0) is 26.2 Å². The Labute approximate surface area is 77.0 Å². The summed E-state index contributed by atoms with van der Waals surface area (Å²) in [6.45, 7) is 8.52. The fourth-order valence-electron chi connectivity index (χ4n) is 0.802. The third-order valence-electron chi connectivity index (χ3n) is 1.04. The van der Waals surface area contributed by atoms with Gasteiger partial charge in [-0.2, -0.15) is 0 Å². The van der Waals surface area contributed by atoms with Gasteiger partial charge in [0.25, 0.3) is 10.0 Å². The van der Waals surface area contributed by atoms with Crippen LogP contribution in [0.2, 0.25) is 26.2 Å². The molecule has 11 heavy (non-hydrogen) atoms. The number of rotatable bonds is 5. The topological polar surface area (TPSA) is 27.7 Å². The summed E-state index contributed by atoms with van der Waals surface area (Å²) < 4.78 is 16.4. The molecule has 0 saturated carbocycles. The second kappa shape index (κ2) is 5.40. The highest BCUT2D eigenvalue weighted by atomic mass is 28.4. The molecule has 0 bridgehead atoms.